The predicted octanol–water partition coefficient (Wildman–Crippen LogP) is 5.03. The van der Waals surface area contributed by atoms with E-state index in [4.69, 9.17) is 30.5 Å². The van der Waals surface area contributed by atoms with Crippen molar-refractivity contribution in [2.45, 2.75) is 42.6 Å². The highest BCUT2D eigenvalue weighted by molar-refractivity contribution is 6.22. The molecule has 0 aromatic heterocycles. The number of alkyl halides is 1. The van der Waals surface area contributed by atoms with Gasteiger partial charge in [0.15, 0.2) is 6.29 Å². The Hall–Kier alpha value is -3.13. The van der Waals surface area contributed by atoms with E-state index >= 15 is 0 Å². The van der Waals surface area contributed by atoms with Crippen LogP contribution in [0.1, 0.15) is 29.9 Å². The molecule has 0 N–H and O–H groups in total. The topological polar surface area (TPSA) is 74.3 Å². The zero-order valence-electron chi connectivity index (χ0n) is 20.5. The van der Waals surface area contributed by atoms with Gasteiger partial charge in [0.05, 0.1) is 6.61 Å². The molecule has 0 spiro atoms. The maximum atomic E-state index is 13.0. The lowest BCUT2D eigenvalue weighted by Gasteiger charge is -2.29. The molecule has 3 aliphatic rings. The molecule has 1 fully saturated rings. The molecule has 2 aromatic carbocycles. The summed E-state index contributed by atoms with van der Waals surface area (Å²) in [5.41, 5.74) is 4.62. The number of likely N-dealkylation sites (tertiary alicyclic amines) is 1. The zero-order chi connectivity index (χ0) is 25.8. The van der Waals surface area contributed by atoms with Crippen LogP contribution in [0, 0.1) is 0 Å². The number of esters is 1. The Kier molecular flexibility index (Phi) is 7.93. The van der Waals surface area contributed by atoms with Crippen LogP contribution in [0.25, 0.3) is 11.1 Å². The highest BCUT2D eigenvalue weighted by Crippen LogP contribution is 2.44. The summed E-state index contributed by atoms with van der Waals surface area (Å²) in [5.74, 6) is -0.513. The second-order valence-electron chi connectivity index (χ2n) is 9.28. The second kappa shape index (κ2) is 11.5. The normalized spacial score (nSPS) is 24.4. The van der Waals surface area contributed by atoms with E-state index in [2.05, 4.69) is 30.8 Å². The van der Waals surface area contributed by atoms with Gasteiger partial charge in [0.2, 0.25) is 0 Å². The van der Waals surface area contributed by atoms with Crippen LogP contribution in [-0.2, 0) is 23.7 Å². The SMILES string of the molecule is C=CCO[C@H]1O[C@H](COC(=O)[C@@H]2CCCN2C(=O)OCC2c3ccccc3-c3ccccc32)C=C[C@@H]1Cl. The van der Waals surface area contributed by atoms with Gasteiger partial charge in [0.1, 0.15) is 30.7 Å². The Morgan fingerprint density at radius 3 is 2.43 bits per heavy atom. The van der Waals surface area contributed by atoms with Crippen molar-refractivity contribution in [3.05, 3.63) is 84.5 Å². The molecule has 1 aliphatic carbocycles. The van der Waals surface area contributed by atoms with Gasteiger partial charge in [-0.1, -0.05) is 66.8 Å². The van der Waals surface area contributed by atoms with E-state index in [0.29, 0.717) is 26.0 Å². The Balaban J connectivity index is 1.17. The van der Waals surface area contributed by atoms with Crippen LogP contribution < -0.4 is 0 Å². The number of amides is 1. The number of fused-ring (bicyclic) bond motifs is 3. The van der Waals surface area contributed by atoms with E-state index in [1.807, 2.05) is 24.3 Å². The van der Waals surface area contributed by atoms with E-state index in [9.17, 15) is 9.59 Å². The fourth-order valence-corrected chi connectivity index (χ4v) is 5.39. The molecule has 194 valence electrons. The third-order valence-corrected chi connectivity index (χ3v) is 7.29. The summed E-state index contributed by atoms with van der Waals surface area (Å²) in [4.78, 5) is 27.4. The number of benzene rings is 2. The van der Waals surface area contributed by atoms with Crippen LogP contribution >= 0.6 is 11.6 Å². The number of carbonyl (C=O) groups excluding carboxylic acids is 2. The molecule has 2 aromatic rings. The predicted molar refractivity (Wildman–Crippen MR) is 139 cm³/mol. The highest BCUT2D eigenvalue weighted by atomic mass is 35.5. The van der Waals surface area contributed by atoms with E-state index in [0.717, 1.165) is 11.1 Å². The molecule has 0 bridgehead atoms. The molecule has 7 nitrogen and oxygen atoms in total. The van der Waals surface area contributed by atoms with E-state index in [1.165, 1.54) is 16.0 Å². The molecule has 4 atom stereocenters. The lowest BCUT2D eigenvalue weighted by molar-refractivity contribution is -0.175. The fraction of sp³-hybridized carbons (Fsp3) is 0.379. The monoisotopic (exact) mass is 523 g/mol. The largest absolute Gasteiger partial charge is 0.461 e. The van der Waals surface area contributed by atoms with Gasteiger partial charge < -0.3 is 18.9 Å². The summed E-state index contributed by atoms with van der Waals surface area (Å²) < 4.78 is 22.6. The lowest BCUT2D eigenvalue weighted by atomic mass is 9.98. The van der Waals surface area contributed by atoms with Crippen molar-refractivity contribution in [1.29, 1.82) is 0 Å². The molecular formula is C29H30ClNO6. The van der Waals surface area contributed by atoms with Crippen molar-refractivity contribution < 1.29 is 28.5 Å². The summed E-state index contributed by atoms with van der Waals surface area (Å²) >= 11 is 6.20. The molecule has 1 amide bonds. The molecule has 2 aliphatic heterocycles. The first kappa shape index (κ1) is 25.5. The number of rotatable bonds is 8. The Labute approximate surface area is 221 Å². The number of hydrogen-bond acceptors (Lipinski definition) is 6. The number of carbonyl (C=O) groups is 2. The summed E-state index contributed by atoms with van der Waals surface area (Å²) in [6.45, 7) is 4.57. The Bertz CT molecular complexity index is 1140. The second-order valence-corrected chi connectivity index (χ2v) is 9.78. The van der Waals surface area contributed by atoms with Gasteiger partial charge in [0, 0.05) is 12.5 Å². The molecule has 5 rings (SSSR count). The van der Waals surface area contributed by atoms with E-state index in [-0.39, 0.29) is 19.1 Å². The first-order valence-corrected chi connectivity index (χ1v) is 13.0. The minimum absolute atomic E-state index is 0.00191. The summed E-state index contributed by atoms with van der Waals surface area (Å²) in [7, 11) is 0. The van der Waals surface area contributed by atoms with Gasteiger partial charge in [-0.2, -0.15) is 0 Å². The van der Waals surface area contributed by atoms with Crippen molar-refractivity contribution >= 4 is 23.7 Å². The van der Waals surface area contributed by atoms with Crippen molar-refractivity contribution in [2.24, 2.45) is 0 Å². The maximum absolute atomic E-state index is 13.0. The molecular weight excluding hydrogens is 494 g/mol. The molecule has 2 heterocycles. The highest BCUT2D eigenvalue weighted by Gasteiger charge is 2.38. The number of hydrogen-bond donors (Lipinski definition) is 0. The fourth-order valence-electron chi connectivity index (χ4n) is 5.17. The van der Waals surface area contributed by atoms with Gasteiger partial charge in [0.25, 0.3) is 0 Å². The quantitative estimate of drug-likeness (QED) is 0.274. The molecule has 0 saturated carbocycles. The molecule has 0 unspecified atom stereocenters. The first-order valence-electron chi connectivity index (χ1n) is 12.6. The van der Waals surface area contributed by atoms with Crippen molar-refractivity contribution in [2.75, 3.05) is 26.4 Å². The summed E-state index contributed by atoms with van der Waals surface area (Å²) in [5, 5.41) is -0.439. The Morgan fingerprint density at radius 2 is 1.73 bits per heavy atom. The van der Waals surface area contributed by atoms with Crippen LogP contribution in [0.3, 0.4) is 0 Å². The van der Waals surface area contributed by atoms with Gasteiger partial charge >= 0.3 is 12.1 Å². The molecule has 8 heteroatoms. The average molecular weight is 524 g/mol. The van der Waals surface area contributed by atoms with Crippen molar-refractivity contribution in [1.82, 2.24) is 4.90 Å². The van der Waals surface area contributed by atoms with Crippen LogP contribution in [0.15, 0.2) is 73.3 Å². The van der Waals surface area contributed by atoms with Crippen LogP contribution in [0.4, 0.5) is 4.79 Å². The minimum atomic E-state index is -0.684. The molecule has 37 heavy (non-hydrogen) atoms. The maximum Gasteiger partial charge on any atom is 0.410 e. The average Bonchev–Trinajstić information content (AvgIpc) is 3.54. The third-order valence-electron chi connectivity index (χ3n) is 6.94. The zero-order valence-corrected chi connectivity index (χ0v) is 21.2. The summed E-state index contributed by atoms with van der Waals surface area (Å²) in [6, 6.07) is 15.7. The van der Waals surface area contributed by atoms with Gasteiger partial charge in [-0.25, -0.2) is 9.59 Å². The Morgan fingerprint density at radius 1 is 1.03 bits per heavy atom. The third kappa shape index (κ3) is 5.44. The van der Waals surface area contributed by atoms with Gasteiger partial charge in [-0.15, -0.1) is 18.2 Å². The van der Waals surface area contributed by atoms with Crippen LogP contribution in [0.2, 0.25) is 0 Å². The standard InChI is InChI=1S/C29H30ClNO6/c1-2-16-34-28-25(30)14-13-19(37-28)17-35-27(32)26-12-7-15-31(26)29(33)36-18-24-22-10-5-3-8-20(22)21-9-4-6-11-23(21)24/h2-6,8-11,13-14,19,24-26,28H,1,7,12,15-18H2/t19-,25-,26-,28-/m0/s1. The summed E-state index contributed by atoms with van der Waals surface area (Å²) in [6.07, 6.45) is 4.70. The minimum Gasteiger partial charge on any atom is -0.461 e. The van der Waals surface area contributed by atoms with Crippen LogP contribution in [-0.4, -0.2) is 67.1 Å². The number of nitrogens with zero attached hydrogens (tertiary/aromatic N) is 1. The lowest BCUT2D eigenvalue weighted by Crippen LogP contribution is -2.43. The van der Waals surface area contributed by atoms with Crippen LogP contribution in [0.5, 0.6) is 0 Å². The van der Waals surface area contributed by atoms with E-state index in [1.54, 1.807) is 18.2 Å². The van der Waals surface area contributed by atoms with Gasteiger partial charge in [-0.05, 0) is 35.1 Å². The number of ether oxygens (including phenoxy) is 4. The van der Waals surface area contributed by atoms with Crippen molar-refractivity contribution in [3.63, 3.8) is 0 Å². The smallest absolute Gasteiger partial charge is 0.410 e. The first-order chi connectivity index (χ1) is 18.1. The number of halogens is 1. The van der Waals surface area contributed by atoms with Crippen molar-refractivity contribution in [3.8, 4) is 11.1 Å². The molecule has 1 saturated heterocycles. The molecule has 0 radical (unpaired) electrons. The van der Waals surface area contributed by atoms with Gasteiger partial charge in [-0.3, -0.25) is 4.90 Å². The van der Waals surface area contributed by atoms with E-state index < -0.39 is 35.9 Å².